The number of hydrogen-bond donors (Lipinski definition) is 0. The van der Waals surface area contributed by atoms with Crippen LogP contribution in [0.5, 0.6) is 5.75 Å². The second-order valence-corrected chi connectivity index (χ2v) is 7.02. The van der Waals surface area contributed by atoms with Gasteiger partial charge in [-0.15, -0.1) is 0 Å². The molecule has 0 fully saturated rings. The van der Waals surface area contributed by atoms with E-state index in [1.54, 1.807) is 0 Å². The highest BCUT2D eigenvalue weighted by Crippen LogP contribution is 2.20. The minimum atomic E-state index is 0.754. The summed E-state index contributed by atoms with van der Waals surface area (Å²) in [7, 11) is 0. The molecule has 2 heteroatoms. The van der Waals surface area contributed by atoms with E-state index in [9.17, 15) is 0 Å². The smallest absolute Gasteiger partial charge is 0.119 e. The summed E-state index contributed by atoms with van der Waals surface area (Å²) in [5.41, 5.74) is 0. The predicted molar refractivity (Wildman–Crippen MR) is 90.9 cm³/mol. The van der Waals surface area contributed by atoms with Crippen molar-refractivity contribution >= 4 is 22.5 Å². The standard InChI is InChI=1S/C18H24OS/c1-15(2)20-13-7-3-6-12-19-18-11-10-16-8-4-5-9-17(16)14-18/h4-5,8-11,14-15H,3,6-7,12-13H2,1-2H3. The summed E-state index contributed by atoms with van der Waals surface area (Å²) in [5, 5.41) is 3.27. The number of hydrogen-bond acceptors (Lipinski definition) is 2. The fourth-order valence-electron chi connectivity index (χ4n) is 2.15. The van der Waals surface area contributed by atoms with Crippen molar-refractivity contribution in [3.8, 4) is 5.75 Å². The maximum atomic E-state index is 5.83. The molecule has 0 unspecified atom stereocenters. The van der Waals surface area contributed by atoms with Crippen LogP contribution in [0.2, 0.25) is 0 Å². The van der Waals surface area contributed by atoms with Gasteiger partial charge in [0.1, 0.15) is 5.75 Å². The molecule has 2 aromatic rings. The Hall–Kier alpha value is -1.15. The van der Waals surface area contributed by atoms with Crippen molar-refractivity contribution < 1.29 is 4.74 Å². The minimum absolute atomic E-state index is 0.754. The molecule has 0 aliphatic heterocycles. The first-order valence-corrected chi connectivity index (χ1v) is 8.54. The van der Waals surface area contributed by atoms with E-state index in [2.05, 4.69) is 56.3 Å². The van der Waals surface area contributed by atoms with E-state index in [0.29, 0.717) is 0 Å². The van der Waals surface area contributed by atoms with E-state index < -0.39 is 0 Å². The van der Waals surface area contributed by atoms with Crippen LogP contribution in [0, 0.1) is 0 Å². The average Bonchev–Trinajstić information content (AvgIpc) is 2.46. The zero-order chi connectivity index (χ0) is 14.2. The van der Waals surface area contributed by atoms with Gasteiger partial charge in [0.05, 0.1) is 6.61 Å². The van der Waals surface area contributed by atoms with Crippen molar-refractivity contribution in [2.24, 2.45) is 0 Å². The van der Waals surface area contributed by atoms with Gasteiger partial charge in [-0.05, 0) is 53.2 Å². The minimum Gasteiger partial charge on any atom is -0.494 e. The Morgan fingerprint density at radius 3 is 2.55 bits per heavy atom. The highest BCUT2D eigenvalue weighted by molar-refractivity contribution is 7.99. The van der Waals surface area contributed by atoms with Gasteiger partial charge in [0.15, 0.2) is 0 Å². The molecule has 20 heavy (non-hydrogen) atoms. The second-order valence-electron chi connectivity index (χ2n) is 5.34. The fourth-order valence-corrected chi connectivity index (χ4v) is 2.99. The largest absolute Gasteiger partial charge is 0.494 e. The molecular weight excluding hydrogens is 264 g/mol. The predicted octanol–water partition coefficient (Wildman–Crippen LogP) is 5.53. The summed E-state index contributed by atoms with van der Waals surface area (Å²) in [6.45, 7) is 5.34. The van der Waals surface area contributed by atoms with Crippen LogP contribution in [0.25, 0.3) is 10.8 Å². The Kier molecular flexibility index (Phi) is 6.25. The Morgan fingerprint density at radius 2 is 1.75 bits per heavy atom. The SMILES string of the molecule is CC(C)SCCCCCOc1ccc2ccccc2c1. The number of unbranched alkanes of at least 4 members (excludes halogenated alkanes) is 2. The first-order valence-electron chi connectivity index (χ1n) is 7.49. The van der Waals surface area contributed by atoms with Gasteiger partial charge in [-0.1, -0.05) is 44.2 Å². The second kappa shape index (κ2) is 8.21. The van der Waals surface area contributed by atoms with E-state index in [4.69, 9.17) is 4.74 Å². The highest BCUT2D eigenvalue weighted by Gasteiger charge is 1.98. The molecule has 0 aliphatic carbocycles. The van der Waals surface area contributed by atoms with Crippen LogP contribution < -0.4 is 4.74 Å². The van der Waals surface area contributed by atoms with E-state index in [1.807, 2.05) is 11.8 Å². The van der Waals surface area contributed by atoms with E-state index in [0.717, 1.165) is 24.0 Å². The van der Waals surface area contributed by atoms with Gasteiger partial charge in [0, 0.05) is 0 Å². The number of thioether (sulfide) groups is 1. The lowest BCUT2D eigenvalue weighted by atomic mass is 10.1. The number of ether oxygens (including phenoxy) is 1. The van der Waals surface area contributed by atoms with E-state index in [1.165, 1.54) is 29.4 Å². The molecule has 1 nitrogen and oxygen atoms in total. The molecule has 0 N–H and O–H groups in total. The van der Waals surface area contributed by atoms with E-state index >= 15 is 0 Å². The van der Waals surface area contributed by atoms with Gasteiger partial charge in [-0.2, -0.15) is 11.8 Å². The summed E-state index contributed by atoms with van der Waals surface area (Å²) in [6, 6.07) is 14.7. The molecular formula is C18H24OS. The van der Waals surface area contributed by atoms with Gasteiger partial charge in [0.25, 0.3) is 0 Å². The van der Waals surface area contributed by atoms with E-state index in [-0.39, 0.29) is 0 Å². The summed E-state index contributed by atoms with van der Waals surface area (Å²) in [6.07, 6.45) is 3.70. The fraction of sp³-hybridized carbons (Fsp3) is 0.444. The molecule has 0 bridgehead atoms. The zero-order valence-electron chi connectivity index (χ0n) is 12.5. The maximum Gasteiger partial charge on any atom is 0.119 e. The number of benzene rings is 2. The van der Waals surface area contributed by atoms with Crippen molar-refractivity contribution in [2.45, 2.75) is 38.4 Å². The molecule has 0 aliphatic rings. The lowest BCUT2D eigenvalue weighted by molar-refractivity contribution is 0.307. The van der Waals surface area contributed by atoms with Crippen LogP contribution in [-0.2, 0) is 0 Å². The molecule has 2 aromatic carbocycles. The van der Waals surface area contributed by atoms with Gasteiger partial charge in [0.2, 0.25) is 0 Å². The molecule has 0 amide bonds. The van der Waals surface area contributed by atoms with Crippen molar-refractivity contribution in [1.82, 2.24) is 0 Å². The maximum absolute atomic E-state index is 5.83. The Bertz CT molecular complexity index is 522. The Morgan fingerprint density at radius 1 is 0.950 bits per heavy atom. The molecule has 0 saturated heterocycles. The van der Waals surface area contributed by atoms with Crippen LogP contribution in [0.3, 0.4) is 0 Å². The summed E-state index contributed by atoms with van der Waals surface area (Å²) < 4.78 is 5.83. The van der Waals surface area contributed by atoms with Crippen molar-refractivity contribution in [1.29, 1.82) is 0 Å². The molecule has 108 valence electrons. The lowest BCUT2D eigenvalue weighted by Crippen LogP contribution is -1.98. The average molecular weight is 288 g/mol. The monoisotopic (exact) mass is 288 g/mol. The zero-order valence-corrected chi connectivity index (χ0v) is 13.3. The third-order valence-corrected chi connectivity index (χ3v) is 4.42. The molecule has 0 saturated carbocycles. The normalized spacial score (nSPS) is 11.2. The molecule has 0 atom stereocenters. The summed E-state index contributed by atoms with van der Waals surface area (Å²) in [5.74, 6) is 2.26. The van der Waals surface area contributed by atoms with Crippen LogP contribution in [0.15, 0.2) is 42.5 Å². The third kappa shape index (κ3) is 5.09. The quantitative estimate of drug-likeness (QED) is 0.591. The van der Waals surface area contributed by atoms with Crippen molar-refractivity contribution in [3.05, 3.63) is 42.5 Å². The van der Waals surface area contributed by atoms with Crippen LogP contribution >= 0.6 is 11.8 Å². The van der Waals surface area contributed by atoms with Crippen LogP contribution in [-0.4, -0.2) is 17.6 Å². The Labute approximate surface area is 126 Å². The topological polar surface area (TPSA) is 9.23 Å². The lowest BCUT2D eigenvalue weighted by Gasteiger charge is -2.08. The molecule has 0 spiro atoms. The highest BCUT2D eigenvalue weighted by atomic mass is 32.2. The van der Waals surface area contributed by atoms with Gasteiger partial charge < -0.3 is 4.74 Å². The Balaban J connectivity index is 1.68. The van der Waals surface area contributed by atoms with Crippen LogP contribution in [0.1, 0.15) is 33.1 Å². The van der Waals surface area contributed by atoms with Gasteiger partial charge >= 0.3 is 0 Å². The molecule has 0 aromatic heterocycles. The third-order valence-electron chi connectivity index (χ3n) is 3.23. The summed E-state index contributed by atoms with van der Waals surface area (Å²) in [4.78, 5) is 0. The number of fused-ring (bicyclic) bond motifs is 1. The summed E-state index contributed by atoms with van der Waals surface area (Å²) >= 11 is 2.05. The first kappa shape index (κ1) is 15.2. The molecule has 0 radical (unpaired) electrons. The molecule has 0 heterocycles. The van der Waals surface area contributed by atoms with Crippen molar-refractivity contribution in [2.75, 3.05) is 12.4 Å². The number of rotatable bonds is 8. The van der Waals surface area contributed by atoms with Crippen molar-refractivity contribution in [3.63, 3.8) is 0 Å². The van der Waals surface area contributed by atoms with Gasteiger partial charge in [-0.3, -0.25) is 0 Å². The van der Waals surface area contributed by atoms with Crippen LogP contribution in [0.4, 0.5) is 0 Å². The first-order chi connectivity index (χ1) is 9.75. The molecule has 2 rings (SSSR count). The van der Waals surface area contributed by atoms with Gasteiger partial charge in [-0.25, -0.2) is 0 Å².